The van der Waals surface area contributed by atoms with Crippen molar-refractivity contribution in [3.63, 3.8) is 0 Å². The number of hydrogen-bond acceptors (Lipinski definition) is 0. The Morgan fingerprint density at radius 1 is 1.00 bits per heavy atom. The van der Waals surface area contributed by atoms with Gasteiger partial charge in [0.05, 0.1) is 0 Å². The minimum atomic E-state index is 0.500. The van der Waals surface area contributed by atoms with Gasteiger partial charge in [0, 0.05) is 5.92 Å². The lowest BCUT2D eigenvalue weighted by Crippen LogP contribution is -1.93. The van der Waals surface area contributed by atoms with Crippen LogP contribution in [-0.2, 0) is 0 Å². The summed E-state index contributed by atoms with van der Waals surface area (Å²) in [7, 11) is 0. The summed E-state index contributed by atoms with van der Waals surface area (Å²) in [5.74, 6) is 0.500. The molecule has 0 saturated heterocycles. The summed E-state index contributed by atoms with van der Waals surface area (Å²) in [5, 5.41) is 0. The van der Waals surface area contributed by atoms with Crippen molar-refractivity contribution >= 4 is 0 Å². The minimum absolute atomic E-state index is 0.500. The Hall–Kier alpha value is -1.30. The van der Waals surface area contributed by atoms with Crippen LogP contribution in [0.3, 0.4) is 0 Å². The van der Waals surface area contributed by atoms with Crippen LogP contribution in [0.15, 0.2) is 42.5 Å². The van der Waals surface area contributed by atoms with Crippen molar-refractivity contribution in [1.29, 1.82) is 0 Å². The molecule has 1 aromatic rings. The molecule has 0 fully saturated rings. The first-order valence-corrected chi connectivity index (χ1v) is 4.69. The molecule has 0 spiro atoms. The highest BCUT2D eigenvalue weighted by Crippen LogP contribution is 2.26. The van der Waals surface area contributed by atoms with E-state index in [4.69, 9.17) is 0 Å². The van der Waals surface area contributed by atoms with Crippen molar-refractivity contribution in [3.8, 4) is 0 Å². The SMILES string of the molecule is Cc1ccc(C)c(C2C=CC=C2)c1. The fourth-order valence-electron chi connectivity index (χ4n) is 1.76. The zero-order valence-corrected chi connectivity index (χ0v) is 8.12. The van der Waals surface area contributed by atoms with Crippen molar-refractivity contribution in [3.05, 3.63) is 59.2 Å². The van der Waals surface area contributed by atoms with Crippen LogP contribution >= 0.6 is 0 Å². The predicted octanol–water partition coefficient (Wildman–Crippen LogP) is 3.51. The Kier molecular flexibility index (Phi) is 2.05. The maximum absolute atomic E-state index is 2.28. The van der Waals surface area contributed by atoms with Crippen LogP contribution in [0.5, 0.6) is 0 Å². The van der Waals surface area contributed by atoms with Crippen LogP contribution in [-0.4, -0.2) is 0 Å². The van der Waals surface area contributed by atoms with Crippen LogP contribution in [0.25, 0.3) is 0 Å². The zero-order valence-electron chi connectivity index (χ0n) is 8.12. The second kappa shape index (κ2) is 3.21. The first kappa shape index (κ1) is 8.31. The van der Waals surface area contributed by atoms with Gasteiger partial charge in [-0.05, 0) is 25.0 Å². The van der Waals surface area contributed by atoms with E-state index in [0.717, 1.165) is 0 Å². The first-order chi connectivity index (χ1) is 6.27. The molecule has 0 nitrogen and oxygen atoms in total. The molecule has 0 bridgehead atoms. The predicted molar refractivity (Wildman–Crippen MR) is 56.9 cm³/mol. The van der Waals surface area contributed by atoms with Gasteiger partial charge in [-0.2, -0.15) is 0 Å². The van der Waals surface area contributed by atoms with E-state index in [-0.39, 0.29) is 0 Å². The van der Waals surface area contributed by atoms with Gasteiger partial charge in [0.2, 0.25) is 0 Å². The van der Waals surface area contributed by atoms with Gasteiger partial charge < -0.3 is 0 Å². The Balaban J connectivity index is 2.44. The maximum Gasteiger partial charge on any atom is 0.0207 e. The van der Waals surface area contributed by atoms with Crippen molar-refractivity contribution in [2.45, 2.75) is 19.8 Å². The Bertz CT molecular complexity index is 358. The lowest BCUT2D eigenvalue weighted by molar-refractivity contribution is 1.07. The van der Waals surface area contributed by atoms with E-state index < -0.39 is 0 Å². The Morgan fingerprint density at radius 2 is 1.69 bits per heavy atom. The summed E-state index contributed by atoms with van der Waals surface area (Å²) in [6.45, 7) is 4.32. The normalized spacial score (nSPS) is 15.5. The molecule has 1 aliphatic rings. The fraction of sp³-hybridized carbons (Fsp3) is 0.231. The Morgan fingerprint density at radius 3 is 2.38 bits per heavy atom. The van der Waals surface area contributed by atoms with E-state index >= 15 is 0 Å². The molecule has 0 heteroatoms. The second-order valence-corrected chi connectivity index (χ2v) is 3.66. The van der Waals surface area contributed by atoms with Crippen LogP contribution in [0.2, 0.25) is 0 Å². The molecule has 66 valence electrons. The smallest absolute Gasteiger partial charge is 0.0207 e. The van der Waals surface area contributed by atoms with E-state index in [1.54, 1.807) is 0 Å². The number of hydrogen-bond donors (Lipinski definition) is 0. The largest absolute Gasteiger partial charge is 0.0732 e. The van der Waals surface area contributed by atoms with Crippen LogP contribution in [0, 0.1) is 13.8 Å². The monoisotopic (exact) mass is 170 g/mol. The average molecular weight is 170 g/mol. The molecule has 2 rings (SSSR count). The lowest BCUT2D eigenvalue weighted by Gasteiger charge is -2.10. The number of rotatable bonds is 1. The highest BCUT2D eigenvalue weighted by Gasteiger charge is 2.09. The summed E-state index contributed by atoms with van der Waals surface area (Å²) in [6, 6.07) is 6.64. The van der Waals surface area contributed by atoms with E-state index in [1.807, 2.05) is 0 Å². The molecule has 0 aromatic heterocycles. The fourth-order valence-corrected chi connectivity index (χ4v) is 1.76. The molecular weight excluding hydrogens is 156 g/mol. The number of allylic oxidation sites excluding steroid dienone is 4. The van der Waals surface area contributed by atoms with E-state index in [1.165, 1.54) is 16.7 Å². The topological polar surface area (TPSA) is 0 Å². The minimum Gasteiger partial charge on any atom is -0.0732 e. The van der Waals surface area contributed by atoms with Crippen LogP contribution < -0.4 is 0 Å². The van der Waals surface area contributed by atoms with Crippen molar-refractivity contribution in [2.75, 3.05) is 0 Å². The molecule has 0 aliphatic heterocycles. The Labute approximate surface area is 79.6 Å². The lowest BCUT2D eigenvalue weighted by atomic mass is 9.94. The summed E-state index contributed by atoms with van der Waals surface area (Å²) in [6.07, 6.45) is 8.71. The molecule has 0 unspecified atom stereocenters. The standard InChI is InChI=1S/C13H14/c1-10-7-8-11(2)13(9-10)12-5-3-4-6-12/h3-9,12H,1-2H3. The van der Waals surface area contributed by atoms with E-state index in [0.29, 0.717) is 5.92 Å². The number of benzene rings is 1. The summed E-state index contributed by atoms with van der Waals surface area (Å²) >= 11 is 0. The zero-order chi connectivity index (χ0) is 9.26. The first-order valence-electron chi connectivity index (χ1n) is 4.69. The third-order valence-electron chi connectivity index (χ3n) is 2.54. The molecule has 0 radical (unpaired) electrons. The summed E-state index contributed by atoms with van der Waals surface area (Å²) in [4.78, 5) is 0. The molecule has 1 aliphatic carbocycles. The quantitative estimate of drug-likeness (QED) is 0.605. The third kappa shape index (κ3) is 1.57. The molecule has 0 amide bonds. The van der Waals surface area contributed by atoms with Gasteiger partial charge in [-0.15, -0.1) is 0 Å². The van der Waals surface area contributed by atoms with E-state index in [2.05, 4.69) is 56.4 Å². The van der Waals surface area contributed by atoms with Crippen LogP contribution in [0.1, 0.15) is 22.6 Å². The van der Waals surface area contributed by atoms with Crippen molar-refractivity contribution in [1.82, 2.24) is 0 Å². The van der Waals surface area contributed by atoms with Gasteiger partial charge in [0.1, 0.15) is 0 Å². The summed E-state index contributed by atoms with van der Waals surface area (Å²) in [5.41, 5.74) is 4.16. The van der Waals surface area contributed by atoms with Gasteiger partial charge in [0.25, 0.3) is 0 Å². The van der Waals surface area contributed by atoms with Crippen molar-refractivity contribution in [2.24, 2.45) is 0 Å². The van der Waals surface area contributed by atoms with Gasteiger partial charge in [-0.3, -0.25) is 0 Å². The third-order valence-corrected chi connectivity index (χ3v) is 2.54. The van der Waals surface area contributed by atoms with E-state index in [9.17, 15) is 0 Å². The molecule has 0 atom stereocenters. The average Bonchev–Trinajstić information content (AvgIpc) is 2.61. The molecule has 13 heavy (non-hydrogen) atoms. The highest BCUT2D eigenvalue weighted by molar-refractivity contribution is 5.41. The van der Waals surface area contributed by atoms with Gasteiger partial charge in [-0.1, -0.05) is 48.1 Å². The molecule has 0 N–H and O–H groups in total. The molecule has 1 aromatic carbocycles. The van der Waals surface area contributed by atoms with Gasteiger partial charge >= 0.3 is 0 Å². The molecule has 0 heterocycles. The highest BCUT2D eigenvalue weighted by atomic mass is 14.1. The van der Waals surface area contributed by atoms with Crippen molar-refractivity contribution < 1.29 is 0 Å². The van der Waals surface area contributed by atoms with Gasteiger partial charge in [0.15, 0.2) is 0 Å². The summed E-state index contributed by atoms with van der Waals surface area (Å²) < 4.78 is 0. The number of aryl methyl sites for hydroxylation is 2. The molecular formula is C13H14. The second-order valence-electron chi connectivity index (χ2n) is 3.66. The maximum atomic E-state index is 2.28. The van der Waals surface area contributed by atoms with Crippen LogP contribution in [0.4, 0.5) is 0 Å². The van der Waals surface area contributed by atoms with Gasteiger partial charge in [-0.25, -0.2) is 0 Å². The molecule has 0 saturated carbocycles.